The van der Waals surface area contributed by atoms with Crippen LogP contribution in [0.3, 0.4) is 0 Å². The Morgan fingerprint density at radius 2 is 2.05 bits per heavy atom. The van der Waals surface area contributed by atoms with Gasteiger partial charge >= 0.3 is 0 Å². The number of hydrogen-bond donors (Lipinski definition) is 2. The Labute approximate surface area is 130 Å². The van der Waals surface area contributed by atoms with Gasteiger partial charge in [0.05, 0.1) is 10.7 Å². The van der Waals surface area contributed by atoms with Crippen molar-refractivity contribution in [3.8, 4) is 6.07 Å². The average Bonchev–Trinajstić information content (AvgIpc) is 3.26. The van der Waals surface area contributed by atoms with Crippen LogP contribution < -0.4 is 11.1 Å². The van der Waals surface area contributed by atoms with E-state index in [9.17, 15) is 0 Å². The highest BCUT2D eigenvalue weighted by atomic mass is 32.1. The lowest BCUT2D eigenvalue weighted by atomic mass is 10.1. The molecule has 3 N–H and O–H groups in total. The van der Waals surface area contributed by atoms with Crippen molar-refractivity contribution >= 4 is 22.0 Å². The lowest BCUT2D eigenvalue weighted by Crippen LogP contribution is -2.45. The van der Waals surface area contributed by atoms with Gasteiger partial charge in [0, 0.05) is 44.8 Å². The molecule has 1 aromatic heterocycles. The van der Waals surface area contributed by atoms with Gasteiger partial charge < -0.3 is 16.0 Å². The second kappa shape index (κ2) is 6.22. The van der Waals surface area contributed by atoms with Crippen molar-refractivity contribution in [3.63, 3.8) is 0 Å². The molecule has 6 heteroatoms. The zero-order valence-corrected chi connectivity index (χ0v) is 13.4. The molecule has 1 aromatic rings. The van der Waals surface area contributed by atoms with Crippen LogP contribution in [-0.2, 0) is 0 Å². The van der Waals surface area contributed by atoms with E-state index >= 15 is 0 Å². The van der Waals surface area contributed by atoms with Crippen LogP contribution in [0, 0.1) is 11.3 Å². The largest absolute Gasteiger partial charge is 0.397 e. The molecule has 0 aromatic carbocycles. The Morgan fingerprint density at radius 3 is 2.67 bits per heavy atom. The third-order valence-corrected chi connectivity index (χ3v) is 5.46. The van der Waals surface area contributed by atoms with Crippen LogP contribution in [0.5, 0.6) is 0 Å². The summed E-state index contributed by atoms with van der Waals surface area (Å²) in [5.74, 6) is 0.578. The molecule has 1 aliphatic heterocycles. The molecule has 2 heterocycles. The monoisotopic (exact) mass is 305 g/mol. The standard InChI is InChI=1S/C15H23N5S/c1-19-6-8-20(9-7-19)5-4-18-15-13(11-2-3-11)14(17)12(10-16)21-15/h11,18H,2-9,17H2,1H3. The Bertz CT molecular complexity index is 535. The number of anilines is 2. The maximum atomic E-state index is 9.15. The third kappa shape index (κ3) is 3.31. The molecular weight excluding hydrogens is 282 g/mol. The third-order valence-electron chi connectivity index (χ3n) is 4.38. The SMILES string of the molecule is CN1CCN(CCNc2sc(C#N)c(N)c2C2CC2)CC1. The molecule has 2 fully saturated rings. The summed E-state index contributed by atoms with van der Waals surface area (Å²) in [7, 11) is 2.18. The second-order valence-corrected chi connectivity index (χ2v) is 7.07. The van der Waals surface area contributed by atoms with Crippen molar-refractivity contribution in [2.45, 2.75) is 18.8 Å². The van der Waals surface area contributed by atoms with Crippen LogP contribution in [0.1, 0.15) is 29.2 Å². The molecule has 0 atom stereocenters. The highest BCUT2D eigenvalue weighted by Crippen LogP contribution is 2.50. The first-order chi connectivity index (χ1) is 10.2. The topological polar surface area (TPSA) is 68.3 Å². The Kier molecular flexibility index (Phi) is 4.34. The van der Waals surface area contributed by atoms with Gasteiger partial charge in [-0.05, 0) is 25.8 Å². The molecule has 2 aliphatic rings. The molecular formula is C15H23N5S. The van der Waals surface area contributed by atoms with E-state index in [1.54, 1.807) is 0 Å². The van der Waals surface area contributed by atoms with Crippen LogP contribution >= 0.6 is 11.3 Å². The van der Waals surface area contributed by atoms with Gasteiger partial charge in [-0.25, -0.2) is 0 Å². The maximum Gasteiger partial charge on any atom is 0.130 e. The number of piperazine rings is 1. The van der Waals surface area contributed by atoms with Crippen molar-refractivity contribution in [1.29, 1.82) is 5.26 Å². The van der Waals surface area contributed by atoms with Crippen molar-refractivity contribution in [3.05, 3.63) is 10.4 Å². The van der Waals surface area contributed by atoms with E-state index in [1.807, 2.05) is 0 Å². The van der Waals surface area contributed by atoms with Crippen LogP contribution in [0.15, 0.2) is 0 Å². The number of nitrogens with zero attached hydrogens (tertiary/aromatic N) is 3. The van der Waals surface area contributed by atoms with Gasteiger partial charge in [0.25, 0.3) is 0 Å². The zero-order chi connectivity index (χ0) is 14.8. The average molecular weight is 305 g/mol. The molecule has 0 spiro atoms. The van der Waals surface area contributed by atoms with Crippen molar-refractivity contribution in [2.75, 3.05) is 57.4 Å². The van der Waals surface area contributed by atoms with Gasteiger partial charge in [0.15, 0.2) is 0 Å². The number of nitrogens with two attached hydrogens (primary N) is 1. The van der Waals surface area contributed by atoms with E-state index in [1.165, 1.54) is 29.7 Å². The predicted octanol–water partition coefficient (Wildman–Crippen LogP) is 1.74. The van der Waals surface area contributed by atoms with Crippen molar-refractivity contribution in [2.24, 2.45) is 0 Å². The highest BCUT2D eigenvalue weighted by molar-refractivity contribution is 7.17. The normalized spacial score (nSPS) is 20.4. The Morgan fingerprint density at radius 1 is 1.33 bits per heavy atom. The summed E-state index contributed by atoms with van der Waals surface area (Å²) in [5.41, 5.74) is 8.04. The van der Waals surface area contributed by atoms with Crippen molar-refractivity contribution in [1.82, 2.24) is 9.80 Å². The molecule has 3 rings (SSSR count). The molecule has 0 bridgehead atoms. The van der Waals surface area contributed by atoms with Crippen LogP contribution in [-0.4, -0.2) is 56.1 Å². The summed E-state index contributed by atoms with van der Waals surface area (Å²) in [5, 5.41) is 13.8. The first-order valence-electron chi connectivity index (χ1n) is 7.66. The van der Waals surface area contributed by atoms with E-state index in [2.05, 4.69) is 28.2 Å². The Hall–Kier alpha value is -1.29. The fourth-order valence-electron chi connectivity index (χ4n) is 2.85. The lowest BCUT2D eigenvalue weighted by Gasteiger charge is -2.32. The summed E-state index contributed by atoms with van der Waals surface area (Å²) in [6.07, 6.45) is 2.41. The molecule has 21 heavy (non-hydrogen) atoms. The van der Waals surface area contributed by atoms with Crippen LogP contribution in [0.25, 0.3) is 0 Å². The first kappa shape index (κ1) is 14.6. The molecule has 0 radical (unpaired) electrons. The van der Waals surface area contributed by atoms with E-state index in [-0.39, 0.29) is 0 Å². The fraction of sp³-hybridized carbons (Fsp3) is 0.667. The smallest absolute Gasteiger partial charge is 0.130 e. The van der Waals surface area contributed by atoms with Gasteiger partial charge in [0.1, 0.15) is 10.9 Å². The summed E-state index contributed by atoms with van der Waals surface area (Å²) < 4.78 is 0. The number of nitriles is 1. The number of thiophene rings is 1. The number of hydrogen-bond acceptors (Lipinski definition) is 6. The van der Waals surface area contributed by atoms with Gasteiger partial charge in [-0.1, -0.05) is 0 Å². The summed E-state index contributed by atoms with van der Waals surface area (Å²) >= 11 is 1.52. The fourth-order valence-corrected chi connectivity index (χ4v) is 3.88. The number of nitrogens with one attached hydrogen (secondary N) is 1. The second-order valence-electron chi connectivity index (χ2n) is 6.05. The molecule has 0 unspecified atom stereocenters. The minimum Gasteiger partial charge on any atom is -0.397 e. The van der Waals surface area contributed by atoms with Gasteiger partial charge in [-0.3, -0.25) is 4.90 Å². The van der Waals surface area contributed by atoms with Gasteiger partial charge in [0.2, 0.25) is 0 Å². The molecule has 0 amide bonds. The highest BCUT2D eigenvalue weighted by Gasteiger charge is 2.31. The van der Waals surface area contributed by atoms with Gasteiger partial charge in [-0.15, -0.1) is 11.3 Å². The lowest BCUT2D eigenvalue weighted by molar-refractivity contribution is 0.158. The Balaban J connectivity index is 1.57. The van der Waals surface area contributed by atoms with Crippen LogP contribution in [0.2, 0.25) is 0 Å². The molecule has 1 saturated heterocycles. The van der Waals surface area contributed by atoms with E-state index in [4.69, 9.17) is 11.0 Å². The number of likely N-dealkylation sites (N-methyl/N-ethyl adjacent to an activating group) is 1. The maximum absolute atomic E-state index is 9.15. The summed E-state index contributed by atoms with van der Waals surface area (Å²) in [4.78, 5) is 5.53. The predicted molar refractivity (Wildman–Crippen MR) is 87.8 cm³/mol. The zero-order valence-electron chi connectivity index (χ0n) is 12.6. The minimum atomic E-state index is 0.578. The van der Waals surface area contributed by atoms with E-state index in [0.717, 1.165) is 44.3 Å². The molecule has 1 aliphatic carbocycles. The van der Waals surface area contributed by atoms with Crippen LogP contribution in [0.4, 0.5) is 10.7 Å². The quantitative estimate of drug-likeness (QED) is 0.867. The molecule has 5 nitrogen and oxygen atoms in total. The summed E-state index contributed by atoms with van der Waals surface area (Å²) in [6, 6.07) is 2.22. The minimum absolute atomic E-state index is 0.578. The number of rotatable bonds is 5. The van der Waals surface area contributed by atoms with E-state index < -0.39 is 0 Å². The molecule has 1 saturated carbocycles. The summed E-state index contributed by atoms with van der Waals surface area (Å²) in [6.45, 7) is 6.56. The first-order valence-corrected chi connectivity index (χ1v) is 8.47. The molecule has 114 valence electrons. The van der Waals surface area contributed by atoms with Crippen molar-refractivity contribution < 1.29 is 0 Å². The number of nitrogen functional groups attached to an aromatic ring is 1. The van der Waals surface area contributed by atoms with E-state index in [0.29, 0.717) is 16.5 Å². The van der Waals surface area contributed by atoms with Gasteiger partial charge in [-0.2, -0.15) is 5.26 Å².